The molecule has 0 spiro atoms. The molecule has 7 heteroatoms. The van der Waals surface area contributed by atoms with Crippen LogP contribution >= 0.6 is 0 Å². The number of hydrogen-bond donors (Lipinski definition) is 2. The highest BCUT2D eigenvalue weighted by Gasteiger charge is 2.42. The van der Waals surface area contributed by atoms with Crippen LogP contribution in [0.3, 0.4) is 0 Å². The van der Waals surface area contributed by atoms with Crippen LogP contribution in [0.4, 0.5) is 14.5 Å². The Labute approximate surface area is 151 Å². The van der Waals surface area contributed by atoms with Crippen molar-refractivity contribution in [2.24, 2.45) is 4.99 Å². The van der Waals surface area contributed by atoms with Crippen molar-refractivity contribution in [1.29, 1.82) is 0 Å². The second-order valence-electron chi connectivity index (χ2n) is 6.00. The number of aliphatic imine (C=N–C) groups is 1. The predicted molar refractivity (Wildman–Crippen MR) is 97.2 cm³/mol. The Hall–Kier alpha value is -2.83. The molecular formula is C19H21F2N3O2. The van der Waals surface area contributed by atoms with E-state index in [4.69, 9.17) is 9.47 Å². The van der Waals surface area contributed by atoms with Gasteiger partial charge >= 0.3 is 0 Å². The van der Waals surface area contributed by atoms with Gasteiger partial charge < -0.3 is 20.1 Å². The number of guanidine groups is 1. The first-order valence-electron chi connectivity index (χ1n) is 8.23. The Morgan fingerprint density at radius 3 is 2.38 bits per heavy atom. The smallest absolute Gasteiger partial charge is 0.195 e. The molecule has 0 heterocycles. The van der Waals surface area contributed by atoms with E-state index in [0.717, 1.165) is 5.69 Å². The lowest BCUT2D eigenvalue weighted by atomic mass is 10.1. The normalized spacial score (nSPS) is 19.0. The van der Waals surface area contributed by atoms with Gasteiger partial charge in [-0.3, -0.25) is 4.99 Å². The number of hydrogen-bond acceptors (Lipinski definition) is 3. The van der Waals surface area contributed by atoms with Gasteiger partial charge in [-0.2, -0.15) is 0 Å². The van der Waals surface area contributed by atoms with Crippen LogP contribution in [0.2, 0.25) is 0 Å². The largest absolute Gasteiger partial charge is 0.493 e. The van der Waals surface area contributed by atoms with Crippen molar-refractivity contribution in [3.8, 4) is 11.5 Å². The van der Waals surface area contributed by atoms with Crippen LogP contribution in [0.1, 0.15) is 17.9 Å². The summed E-state index contributed by atoms with van der Waals surface area (Å²) in [4.78, 5) is 4.17. The van der Waals surface area contributed by atoms with E-state index in [0.29, 0.717) is 23.9 Å². The van der Waals surface area contributed by atoms with Gasteiger partial charge in [0.05, 0.1) is 14.2 Å². The monoisotopic (exact) mass is 361 g/mol. The van der Waals surface area contributed by atoms with Crippen LogP contribution in [-0.4, -0.2) is 33.3 Å². The molecule has 0 aromatic heterocycles. The summed E-state index contributed by atoms with van der Waals surface area (Å²) in [5, 5.41) is 6.33. The van der Waals surface area contributed by atoms with E-state index < -0.39 is 11.6 Å². The van der Waals surface area contributed by atoms with Crippen molar-refractivity contribution in [3.05, 3.63) is 53.6 Å². The van der Waals surface area contributed by atoms with Gasteiger partial charge in [0, 0.05) is 36.3 Å². The molecule has 2 aromatic rings. The molecule has 138 valence electrons. The molecule has 0 amide bonds. The van der Waals surface area contributed by atoms with Crippen LogP contribution in [0.5, 0.6) is 11.5 Å². The molecule has 0 radical (unpaired) electrons. The Balaban J connectivity index is 1.67. The Bertz CT molecular complexity index is 806. The van der Waals surface area contributed by atoms with Crippen molar-refractivity contribution >= 4 is 11.6 Å². The first-order chi connectivity index (χ1) is 12.6. The van der Waals surface area contributed by atoms with E-state index in [1.54, 1.807) is 33.4 Å². The fraction of sp³-hybridized carbons (Fsp3) is 0.316. The van der Waals surface area contributed by atoms with E-state index in [2.05, 4.69) is 15.6 Å². The van der Waals surface area contributed by atoms with Crippen LogP contribution in [0.25, 0.3) is 0 Å². The molecule has 1 aliphatic carbocycles. The van der Waals surface area contributed by atoms with Gasteiger partial charge in [0.15, 0.2) is 17.5 Å². The number of methoxy groups -OCH3 is 2. The van der Waals surface area contributed by atoms with Crippen molar-refractivity contribution in [3.63, 3.8) is 0 Å². The number of halogens is 2. The quantitative estimate of drug-likeness (QED) is 0.632. The SMILES string of the molecule is CN=C(Nc1ccc(OC)c(OC)c1)NC1CC1c1c(F)cccc1F. The van der Waals surface area contributed by atoms with E-state index in [9.17, 15) is 8.78 Å². The van der Waals surface area contributed by atoms with Gasteiger partial charge in [-0.05, 0) is 30.7 Å². The van der Waals surface area contributed by atoms with Crippen molar-refractivity contribution in [2.75, 3.05) is 26.6 Å². The van der Waals surface area contributed by atoms with Gasteiger partial charge in [0.1, 0.15) is 11.6 Å². The van der Waals surface area contributed by atoms with Crippen molar-refractivity contribution in [2.45, 2.75) is 18.4 Å². The fourth-order valence-corrected chi connectivity index (χ4v) is 2.92. The molecule has 2 aromatic carbocycles. The van der Waals surface area contributed by atoms with Gasteiger partial charge in [0.25, 0.3) is 0 Å². The van der Waals surface area contributed by atoms with Gasteiger partial charge in [-0.25, -0.2) is 8.78 Å². The highest BCUT2D eigenvalue weighted by molar-refractivity contribution is 5.94. The van der Waals surface area contributed by atoms with E-state index in [1.165, 1.54) is 18.2 Å². The number of rotatable bonds is 5. The molecule has 2 unspecified atom stereocenters. The predicted octanol–water partition coefficient (Wildman–Crippen LogP) is 3.53. The van der Waals surface area contributed by atoms with Gasteiger partial charge in [-0.1, -0.05) is 6.07 Å². The molecular weight excluding hydrogens is 340 g/mol. The second kappa shape index (κ2) is 7.59. The van der Waals surface area contributed by atoms with Crippen LogP contribution in [-0.2, 0) is 0 Å². The summed E-state index contributed by atoms with van der Waals surface area (Å²) >= 11 is 0. The van der Waals surface area contributed by atoms with Crippen molar-refractivity contribution in [1.82, 2.24) is 5.32 Å². The van der Waals surface area contributed by atoms with Crippen LogP contribution in [0, 0.1) is 11.6 Å². The summed E-state index contributed by atoms with van der Waals surface area (Å²) in [6.45, 7) is 0. The minimum atomic E-state index is -0.512. The number of nitrogens with one attached hydrogen (secondary N) is 2. The third-order valence-corrected chi connectivity index (χ3v) is 4.35. The average Bonchev–Trinajstić information content (AvgIpc) is 3.39. The summed E-state index contributed by atoms with van der Waals surface area (Å²) in [5.41, 5.74) is 0.886. The third-order valence-electron chi connectivity index (χ3n) is 4.35. The third kappa shape index (κ3) is 3.71. The first kappa shape index (κ1) is 18.0. The molecule has 1 aliphatic rings. The molecule has 3 rings (SSSR count). The standard InChI is InChI=1S/C19H21F2N3O2/c1-22-19(23-11-7-8-16(25-2)17(9-11)26-3)24-15-10-12(15)18-13(20)5-4-6-14(18)21/h4-9,12,15H,10H2,1-3H3,(H2,22,23,24). The molecule has 0 aliphatic heterocycles. The summed E-state index contributed by atoms with van der Waals surface area (Å²) in [7, 11) is 4.77. The maximum atomic E-state index is 13.9. The maximum Gasteiger partial charge on any atom is 0.195 e. The zero-order chi connectivity index (χ0) is 18.7. The maximum absolute atomic E-state index is 13.9. The lowest BCUT2D eigenvalue weighted by molar-refractivity contribution is 0.355. The molecule has 2 atom stereocenters. The van der Waals surface area contributed by atoms with Gasteiger partial charge in [0.2, 0.25) is 0 Å². The zero-order valence-corrected chi connectivity index (χ0v) is 14.8. The summed E-state index contributed by atoms with van der Waals surface area (Å²) < 4.78 is 38.3. The van der Waals surface area contributed by atoms with Crippen LogP contribution in [0.15, 0.2) is 41.4 Å². The second-order valence-corrected chi connectivity index (χ2v) is 6.00. The minimum Gasteiger partial charge on any atom is -0.493 e. The summed E-state index contributed by atoms with van der Waals surface area (Å²) in [6.07, 6.45) is 0.643. The lowest BCUT2D eigenvalue weighted by Crippen LogP contribution is -2.33. The Kier molecular flexibility index (Phi) is 5.25. The average molecular weight is 361 g/mol. The Morgan fingerprint density at radius 1 is 1.08 bits per heavy atom. The molecule has 5 nitrogen and oxygen atoms in total. The minimum absolute atomic E-state index is 0.0762. The fourth-order valence-electron chi connectivity index (χ4n) is 2.92. The molecule has 1 fully saturated rings. The first-order valence-corrected chi connectivity index (χ1v) is 8.23. The molecule has 1 saturated carbocycles. The molecule has 26 heavy (non-hydrogen) atoms. The lowest BCUT2D eigenvalue weighted by Gasteiger charge is -2.14. The van der Waals surface area contributed by atoms with E-state index >= 15 is 0 Å². The highest BCUT2D eigenvalue weighted by atomic mass is 19.1. The van der Waals surface area contributed by atoms with E-state index in [-0.39, 0.29) is 17.5 Å². The van der Waals surface area contributed by atoms with Crippen molar-refractivity contribution < 1.29 is 18.3 Å². The topological polar surface area (TPSA) is 54.9 Å². The molecule has 2 N–H and O–H groups in total. The molecule has 0 saturated heterocycles. The number of anilines is 1. The molecule has 0 bridgehead atoms. The Morgan fingerprint density at radius 2 is 1.77 bits per heavy atom. The van der Waals surface area contributed by atoms with E-state index in [1.807, 2.05) is 6.07 Å². The number of nitrogens with zero attached hydrogens (tertiary/aromatic N) is 1. The summed E-state index contributed by atoms with van der Waals surface area (Å²) in [6, 6.07) is 9.25. The van der Waals surface area contributed by atoms with Crippen LogP contribution < -0.4 is 20.1 Å². The zero-order valence-electron chi connectivity index (χ0n) is 14.8. The van der Waals surface area contributed by atoms with Gasteiger partial charge in [-0.15, -0.1) is 0 Å². The number of ether oxygens (including phenoxy) is 2. The highest BCUT2D eigenvalue weighted by Crippen LogP contribution is 2.43. The summed E-state index contributed by atoms with van der Waals surface area (Å²) in [5.74, 6) is 0.495. The number of benzene rings is 2.